The molecule has 0 bridgehead atoms. The molecule has 1 N–H and O–H groups in total. The highest BCUT2D eigenvalue weighted by Gasteiger charge is 2.22. The first-order valence-electron chi connectivity index (χ1n) is 6.56. The SMILES string of the molecule is CC1C(=O)OCCCCCCCCCC1O. The van der Waals surface area contributed by atoms with Crippen molar-refractivity contribution in [2.24, 2.45) is 5.92 Å². The van der Waals surface area contributed by atoms with Gasteiger partial charge in [0.25, 0.3) is 0 Å². The van der Waals surface area contributed by atoms with Crippen LogP contribution >= 0.6 is 0 Å². The lowest BCUT2D eigenvalue weighted by Gasteiger charge is -2.17. The number of rotatable bonds is 0. The van der Waals surface area contributed by atoms with Crippen LogP contribution in [0, 0.1) is 5.92 Å². The van der Waals surface area contributed by atoms with Crippen molar-refractivity contribution in [1.29, 1.82) is 0 Å². The van der Waals surface area contributed by atoms with Gasteiger partial charge in [0.05, 0.1) is 18.6 Å². The average molecular weight is 228 g/mol. The van der Waals surface area contributed by atoms with E-state index < -0.39 is 6.10 Å². The number of hydrogen-bond acceptors (Lipinski definition) is 3. The zero-order chi connectivity index (χ0) is 11.8. The summed E-state index contributed by atoms with van der Waals surface area (Å²) in [5.74, 6) is -0.618. The Balaban J connectivity index is 2.39. The molecule has 1 heterocycles. The van der Waals surface area contributed by atoms with Crippen molar-refractivity contribution >= 4 is 5.97 Å². The summed E-state index contributed by atoms with van der Waals surface area (Å²) in [7, 11) is 0. The number of aliphatic hydroxyl groups is 1. The van der Waals surface area contributed by atoms with Crippen molar-refractivity contribution in [2.75, 3.05) is 6.61 Å². The lowest BCUT2D eigenvalue weighted by molar-refractivity contribution is -0.152. The standard InChI is InChI=1S/C13H24O3/c1-11-12(14)9-7-5-3-2-4-6-8-10-16-13(11)15/h11-12,14H,2-10H2,1H3. The molecule has 1 aliphatic rings. The Labute approximate surface area is 98.2 Å². The molecule has 0 saturated carbocycles. The van der Waals surface area contributed by atoms with Gasteiger partial charge >= 0.3 is 5.97 Å². The van der Waals surface area contributed by atoms with Crippen LogP contribution in [0.25, 0.3) is 0 Å². The molecule has 1 saturated heterocycles. The molecule has 2 atom stereocenters. The van der Waals surface area contributed by atoms with Crippen molar-refractivity contribution in [3.05, 3.63) is 0 Å². The molecule has 1 aliphatic heterocycles. The molecule has 3 heteroatoms. The van der Waals surface area contributed by atoms with Crippen LogP contribution in [0.3, 0.4) is 0 Å². The molecule has 0 aromatic rings. The molecular formula is C13H24O3. The zero-order valence-electron chi connectivity index (χ0n) is 10.3. The predicted molar refractivity (Wildman–Crippen MR) is 63.1 cm³/mol. The number of ether oxygens (including phenoxy) is 1. The molecule has 0 aromatic heterocycles. The lowest BCUT2D eigenvalue weighted by Crippen LogP contribution is -2.27. The van der Waals surface area contributed by atoms with Crippen LogP contribution in [0.4, 0.5) is 0 Å². The Bertz CT molecular complexity index is 203. The van der Waals surface area contributed by atoms with Crippen LogP contribution in [0.5, 0.6) is 0 Å². The smallest absolute Gasteiger partial charge is 0.311 e. The molecule has 3 nitrogen and oxygen atoms in total. The first-order chi connectivity index (χ1) is 7.72. The Kier molecular flexibility index (Phi) is 6.46. The maximum Gasteiger partial charge on any atom is 0.311 e. The summed E-state index contributed by atoms with van der Waals surface area (Å²) in [6.45, 7) is 2.27. The van der Waals surface area contributed by atoms with E-state index in [2.05, 4.69) is 0 Å². The fourth-order valence-corrected chi connectivity index (χ4v) is 2.05. The maximum absolute atomic E-state index is 11.5. The Morgan fingerprint density at radius 3 is 2.31 bits per heavy atom. The summed E-state index contributed by atoms with van der Waals surface area (Å²) in [4.78, 5) is 11.5. The zero-order valence-corrected chi connectivity index (χ0v) is 10.3. The van der Waals surface area contributed by atoms with Gasteiger partial charge in [-0.25, -0.2) is 0 Å². The minimum absolute atomic E-state index is 0.244. The van der Waals surface area contributed by atoms with Gasteiger partial charge in [-0.15, -0.1) is 0 Å². The second-order valence-corrected chi connectivity index (χ2v) is 4.79. The van der Waals surface area contributed by atoms with Gasteiger partial charge in [0, 0.05) is 0 Å². The Hall–Kier alpha value is -0.570. The molecule has 0 amide bonds. The fraction of sp³-hybridized carbons (Fsp3) is 0.923. The van der Waals surface area contributed by atoms with E-state index in [4.69, 9.17) is 4.74 Å². The number of hydrogen-bond donors (Lipinski definition) is 1. The van der Waals surface area contributed by atoms with Gasteiger partial charge in [-0.1, -0.05) is 38.5 Å². The van der Waals surface area contributed by atoms with Crippen molar-refractivity contribution in [2.45, 2.75) is 64.4 Å². The van der Waals surface area contributed by atoms with E-state index in [9.17, 15) is 9.90 Å². The third kappa shape index (κ3) is 4.97. The summed E-state index contributed by atoms with van der Waals surface area (Å²) in [6.07, 6.45) is 8.20. The van der Waals surface area contributed by atoms with E-state index in [0.717, 1.165) is 25.7 Å². The average Bonchev–Trinajstić information content (AvgIpc) is 2.29. The third-order valence-corrected chi connectivity index (χ3v) is 3.34. The summed E-state index contributed by atoms with van der Waals surface area (Å²) in [5.41, 5.74) is 0. The normalized spacial score (nSPS) is 30.8. The van der Waals surface area contributed by atoms with Crippen molar-refractivity contribution in [3.63, 3.8) is 0 Å². The van der Waals surface area contributed by atoms with Crippen LogP contribution in [-0.2, 0) is 9.53 Å². The molecule has 0 radical (unpaired) electrons. The molecule has 0 aromatic carbocycles. The van der Waals surface area contributed by atoms with Gasteiger partial charge in [0.1, 0.15) is 0 Å². The van der Waals surface area contributed by atoms with E-state index in [1.165, 1.54) is 25.7 Å². The highest BCUT2D eigenvalue weighted by molar-refractivity contribution is 5.72. The van der Waals surface area contributed by atoms with Gasteiger partial charge < -0.3 is 9.84 Å². The number of cyclic esters (lactones) is 1. The van der Waals surface area contributed by atoms with Crippen molar-refractivity contribution < 1.29 is 14.6 Å². The molecule has 94 valence electrons. The second kappa shape index (κ2) is 7.66. The minimum atomic E-state index is -0.534. The largest absolute Gasteiger partial charge is 0.465 e. The summed E-state index contributed by atoms with van der Waals surface area (Å²) >= 11 is 0. The number of carbonyl (C=O) groups excluding carboxylic acids is 1. The quantitative estimate of drug-likeness (QED) is 0.648. The third-order valence-electron chi connectivity index (χ3n) is 3.34. The topological polar surface area (TPSA) is 46.5 Å². The first kappa shape index (κ1) is 13.5. The van der Waals surface area contributed by atoms with Gasteiger partial charge in [-0.05, 0) is 19.8 Å². The Morgan fingerprint density at radius 1 is 1.06 bits per heavy atom. The maximum atomic E-state index is 11.5. The van der Waals surface area contributed by atoms with Gasteiger partial charge in [-0.2, -0.15) is 0 Å². The highest BCUT2D eigenvalue weighted by atomic mass is 16.5. The summed E-state index contributed by atoms with van der Waals surface area (Å²) < 4.78 is 5.14. The molecule has 1 fully saturated rings. The molecule has 1 rings (SSSR count). The summed E-state index contributed by atoms with van der Waals surface area (Å²) in [5, 5.41) is 9.80. The van der Waals surface area contributed by atoms with E-state index in [0.29, 0.717) is 6.61 Å². The first-order valence-corrected chi connectivity index (χ1v) is 6.56. The number of carbonyl (C=O) groups is 1. The van der Waals surface area contributed by atoms with Gasteiger partial charge in [0.2, 0.25) is 0 Å². The van der Waals surface area contributed by atoms with Crippen LogP contribution in [-0.4, -0.2) is 23.8 Å². The summed E-state index contributed by atoms with van der Waals surface area (Å²) in [6, 6.07) is 0. The molecular weight excluding hydrogens is 204 g/mol. The number of aliphatic hydroxyl groups excluding tert-OH is 1. The molecule has 0 spiro atoms. The fourth-order valence-electron chi connectivity index (χ4n) is 2.05. The van der Waals surface area contributed by atoms with E-state index in [1.807, 2.05) is 0 Å². The van der Waals surface area contributed by atoms with Crippen LogP contribution in [0.1, 0.15) is 58.3 Å². The van der Waals surface area contributed by atoms with Gasteiger partial charge in [-0.3, -0.25) is 4.79 Å². The van der Waals surface area contributed by atoms with E-state index in [1.54, 1.807) is 6.92 Å². The van der Waals surface area contributed by atoms with Crippen molar-refractivity contribution in [1.82, 2.24) is 0 Å². The molecule has 16 heavy (non-hydrogen) atoms. The van der Waals surface area contributed by atoms with Gasteiger partial charge in [0.15, 0.2) is 0 Å². The lowest BCUT2D eigenvalue weighted by atomic mass is 9.99. The Morgan fingerprint density at radius 2 is 1.62 bits per heavy atom. The number of esters is 1. The minimum Gasteiger partial charge on any atom is -0.465 e. The van der Waals surface area contributed by atoms with Crippen LogP contribution in [0.2, 0.25) is 0 Å². The van der Waals surface area contributed by atoms with Crippen molar-refractivity contribution in [3.8, 4) is 0 Å². The van der Waals surface area contributed by atoms with E-state index >= 15 is 0 Å². The molecule has 0 aliphatic carbocycles. The van der Waals surface area contributed by atoms with Crippen LogP contribution < -0.4 is 0 Å². The van der Waals surface area contributed by atoms with Crippen LogP contribution in [0.15, 0.2) is 0 Å². The molecule has 2 unspecified atom stereocenters. The van der Waals surface area contributed by atoms with E-state index in [-0.39, 0.29) is 11.9 Å². The predicted octanol–water partition coefficient (Wildman–Crippen LogP) is 2.66. The monoisotopic (exact) mass is 228 g/mol. The highest BCUT2D eigenvalue weighted by Crippen LogP contribution is 2.16. The second-order valence-electron chi connectivity index (χ2n) is 4.79.